The number of nitrogens with two attached hydrogens (primary N) is 2. The molecule has 6 nitrogen and oxygen atoms in total. The van der Waals surface area contributed by atoms with Crippen LogP contribution in [-0.4, -0.2) is 23.3 Å². The fourth-order valence-corrected chi connectivity index (χ4v) is 2.10. The van der Waals surface area contributed by atoms with Gasteiger partial charge in [0.05, 0.1) is 11.4 Å². The highest BCUT2D eigenvalue weighted by molar-refractivity contribution is 6.55. The van der Waals surface area contributed by atoms with Crippen molar-refractivity contribution in [3.8, 4) is 0 Å². The quantitative estimate of drug-likeness (QED) is 0.878. The van der Waals surface area contributed by atoms with Crippen molar-refractivity contribution in [1.82, 2.24) is 0 Å². The third-order valence-electron chi connectivity index (χ3n) is 3.25. The lowest BCUT2D eigenvalue weighted by Crippen LogP contribution is -2.37. The first-order valence-electron chi connectivity index (χ1n) is 7.20. The second kappa shape index (κ2) is 6.64. The van der Waals surface area contributed by atoms with Gasteiger partial charge in [-0.3, -0.25) is 0 Å². The zero-order valence-corrected chi connectivity index (χ0v) is 13.7. The Bertz CT molecular complexity index is 801. The fourth-order valence-electron chi connectivity index (χ4n) is 1.97. The summed E-state index contributed by atoms with van der Waals surface area (Å²) in [5.41, 5.74) is 14.1. The number of benzene rings is 2. The number of hydrogen-bond donors (Lipinski definition) is 2. The van der Waals surface area contributed by atoms with Crippen LogP contribution >= 0.6 is 11.6 Å². The Kier molecular flexibility index (Phi) is 4.39. The number of amidine groups is 4. The van der Waals surface area contributed by atoms with E-state index < -0.39 is 0 Å². The Morgan fingerprint density at radius 3 is 1.62 bits per heavy atom. The SMILES string of the molecule is Cc1ccc(N=C2N=C(N)C(N)=NC2=Nc2ccc(Cl)cc2)cc1. The van der Waals surface area contributed by atoms with Gasteiger partial charge in [-0.25, -0.2) is 20.0 Å². The van der Waals surface area contributed by atoms with E-state index in [1.54, 1.807) is 24.3 Å². The Labute approximate surface area is 144 Å². The minimum atomic E-state index is 0.116. The van der Waals surface area contributed by atoms with Crippen LogP contribution in [0.25, 0.3) is 0 Å². The third-order valence-corrected chi connectivity index (χ3v) is 3.50. The first kappa shape index (κ1) is 15.9. The van der Waals surface area contributed by atoms with Gasteiger partial charge in [0, 0.05) is 5.02 Å². The molecular formula is C17H15ClN6. The Balaban J connectivity index is 2.03. The minimum absolute atomic E-state index is 0.116. The van der Waals surface area contributed by atoms with Crippen molar-refractivity contribution >= 4 is 46.3 Å². The average molecular weight is 339 g/mol. The topological polar surface area (TPSA) is 101 Å². The van der Waals surface area contributed by atoms with E-state index in [0.29, 0.717) is 22.4 Å². The molecule has 0 saturated carbocycles. The smallest absolute Gasteiger partial charge is 0.200 e. The molecule has 24 heavy (non-hydrogen) atoms. The summed E-state index contributed by atoms with van der Waals surface area (Å²) in [6.07, 6.45) is 0. The van der Waals surface area contributed by atoms with Gasteiger partial charge in [-0.2, -0.15) is 0 Å². The summed E-state index contributed by atoms with van der Waals surface area (Å²) >= 11 is 5.89. The molecule has 0 atom stereocenters. The third kappa shape index (κ3) is 3.67. The van der Waals surface area contributed by atoms with Crippen LogP contribution in [0.4, 0.5) is 11.4 Å². The molecule has 0 fully saturated rings. The van der Waals surface area contributed by atoms with Gasteiger partial charge in [0.25, 0.3) is 0 Å². The maximum absolute atomic E-state index is 5.89. The second-order valence-corrected chi connectivity index (χ2v) is 5.61. The van der Waals surface area contributed by atoms with E-state index in [1.165, 1.54) is 0 Å². The van der Waals surface area contributed by atoms with Gasteiger partial charge in [0.1, 0.15) is 0 Å². The van der Waals surface area contributed by atoms with Gasteiger partial charge in [0.2, 0.25) is 0 Å². The molecule has 1 heterocycles. The molecule has 0 radical (unpaired) electrons. The molecule has 3 rings (SSSR count). The van der Waals surface area contributed by atoms with Crippen molar-refractivity contribution < 1.29 is 0 Å². The van der Waals surface area contributed by atoms with E-state index >= 15 is 0 Å². The summed E-state index contributed by atoms with van der Waals surface area (Å²) in [6, 6.07) is 14.7. The monoisotopic (exact) mass is 338 g/mol. The van der Waals surface area contributed by atoms with Crippen molar-refractivity contribution in [3.63, 3.8) is 0 Å². The molecule has 120 valence electrons. The molecule has 0 aromatic heterocycles. The largest absolute Gasteiger partial charge is 0.381 e. The lowest BCUT2D eigenvalue weighted by atomic mass is 10.2. The fraction of sp³-hybridized carbons (Fsp3) is 0.0588. The Hall–Kier alpha value is -2.99. The first-order valence-corrected chi connectivity index (χ1v) is 7.58. The zero-order valence-electron chi connectivity index (χ0n) is 12.9. The predicted octanol–water partition coefficient (Wildman–Crippen LogP) is 3.14. The Morgan fingerprint density at radius 2 is 1.17 bits per heavy atom. The zero-order chi connectivity index (χ0) is 17.1. The second-order valence-electron chi connectivity index (χ2n) is 5.18. The van der Waals surface area contributed by atoms with E-state index in [2.05, 4.69) is 20.0 Å². The average Bonchev–Trinajstić information content (AvgIpc) is 2.56. The van der Waals surface area contributed by atoms with Gasteiger partial charge in [-0.1, -0.05) is 29.3 Å². The van der Waals surface area contributed by atoms with Gasteiger partial charge < -0.3 is 11.5 Å². The van der Waals surface area contributed by atoms with Crippen LogP contribution in [0.3, 0.4) is 0 Å². The van der Waals surface area contributed by atoms with Crippen LogP contribution in [0.5, 0.6) is 0 Å². The molecular weight excluding hydrogens is 324 g/mol. The molecule has 1 aliphatic heterocycles. The van der Waals surface area contributed by atoms with Crippen molar-refractivity contribution in [1.29, 1.82) is 0 Å². The molecule has 4 N–H and O–H groups in total. The van der Waals surface area contributed by atoms with Gasteiger partial charge >= 0.3 is 0 Å². The van der Waals surface area contributed by atoms with Crippen LogP contribution in [0.1, 0.15) is 5.56 Å². The Morgan fingerprint density at radius 1 is 0.750 bits per heavy atom. The van der Waals surface area contributed by atoms with E-state index in [4.69, 9.17) is 23.1 Å². The molecule has 2 aromatic carbocycles. The maximum Gasteiger partial charge on any atom is 0.200 e. The lowest BCUT2D eigenvalue weighted by molar-refractivity contribution is 1.39. The molecule has 0 amide bonds. The molecule has 7 heteroatoms. The number of aliphatic imine (C=N–C) groups is 4. The van der Waals surface area contributed by atoms with E-state index in [9.17, 15) is 0 Å². The van der Waals surface area contributed by atoms with Crippen molar-refractivity contribution in [2.45, 2.75) is 6.92 Å². The molecule has 0 saturated heterocycles. The van der Waals surface area contributed by atoms with Gasteiger partial charge in [0.15, 0.2) is 23.3 Å². The minimum Gasteiger partial charge on any atom is -0.381 e. The molecule has 1 aliphatic rings. The molecule has 2 aromatic rings. The van der Waals surface area contributed by atoms with Crippen LogP contribution in [0.15, 0.2) is 68.5 Å². The van der Waals surface area contributed by atoms with E-state index in [0.717, 1.165) is 11.3 Å². The molecule has 0 bridgehead atoms. The summed E-state index contributed by atoms with van der Waals surface area (Å²) in [5, 5.41) is 0.626. The summed E-state index contributed by atoms with van der Waals surface area (Å²) in [7, 11) is 0. The molecule has 0 unspecified atom stereocenters. The van der Waals surface area contributed by atoms with Crippen LogP contribution in [0, 0.1) is 6.92 Å². The van der Waals surface area contributed by atoms with Crippen molar-refractivity contribution in [2.75, 3.05) is 0 Å². The van der Waals surface area contributed by atoms with E-state index in [-0.39, 0.29) is 11.7 Å². The van der Waals surface area contributed by atoms with Crippen LogP contribution in [0.2, 0.25) is 5.02 Å². The van der Waals surface area contributed by atoms with Gasteiger partial charge in [-0.05, 0) is 43.3 Å². The van der Waals surface area contributed by atoms with Gasteiger partial charge in [-0.15, -0.1) is 0 Å². The normalized spacial score (nSPS) is 17.8. The summed E-state index contributed by atoms with van der Waals surface area (Å²) in [4.78, 5) is 17.3. The number of aryl methyl sites for hydroxylation is 1. The number of hydrogen-bond acceptors (Lipinski definition) is 4. The summed E-state index contributed by atoms with van der Waals surface area (Å²) in [6.45, 7) is 2.01. The summed E-state index contributed by atoms with van der Waals surface area (Å²) < 4.78 is 0. The maximum atomic E-state index is 5.89. The molecule has 0 aliphatic carbocycles. The number of halogens is 1. The predicted molar refractivity (Wildman–Crippen MR) is 100 cm³/mol. The highest BCUT2D eigenvalue weighted by Gasteiger charge is 2.17. The van der Waals surface area contributed by atoms with Crippen LogP contribution < -0.4 is 11.5 Å². The lowest BCUT2D eigenvalue weighted by Gasteiger charge is -2.10. The summed E-state index contributed by atoms with van der Waals surface area (Å²) in [5.74, 6) is 0.839. The van der Waals surface area contributed by atoms with Crippen molar-refractivity contribution in [3.05, 3.63) is 59.1 Å². The standard InChI is InChI=1S/C17H15ClN6/c1-10-2-6-12(7-3-10)21-16-17(24-15(20)14(19)23-16)22-13-8-4-11(18)5-9-13/h2-9H,1H3,(H2,19,21,23)(H2,20,22,24). The van der Waals surface area contributed by atoms with Crippen LogP contribution in [-0.2, 0) is 0 Å². The number of rotatable bonds is 2. The number of nitrogens with zero attached hydrogens (tertiary/aromatic N) is 4. The molecule has 0 spiro atoms. The first-order chi connectivity index (χ1) is 11.5. The van der Waals surface area contributed by atoms with Crippen molar-refractivity contribution in [2.24, 2.45) is 31.4 Å². The highest BCUT2D eigenvalue weighted by Crippen LogP contribution is 2.19. The van der Waals surface area contributed by atoms with E-state index in [1.807, 2.05) is 31.2 Å². The highest BCUT2D eigenvalue weighted by atomic mass is 35.5.